The van der Waals surface area contributed by atoms with Gasteiger partial charge >= 0.3 is 0 Å². The van der Waals surface area contributed by atoms with Gasteiger partial charge in [0.25, 0.3) is 7.52 Å². The number of rotatable bonds is 10. The minimum absolute atomic E-state index is 0.111. The molecule has 0 aromatic heterocycles. The molecule has 3 aromatic rings. The molecule has 3 aromatic carbocycles. The van der Waals surface area contributed by atoms with E-state index in [0.29, 0.717) is 0 Å². The second-order valence-electron chi connectivity index (χ2n) is 9.26. The minimum Gasteiger partial charge on any atom is -0.333 e. The Morgan fingerprint density at radius 1 is 0.794 bits per heavy atom. The summed E-state index contributed by atoms with van der Waals surface area (Å²) < 4.78 is 13.0. The number of carbonyl (C=O) groups excluding carboxylic acids is 1. The molecule has 34 heavy (non-hydrogen) atoms. The van der Waals surface area contributed by atoms with Crippen LogP contribution < -0.4 is 10.4 Å². The lowest BCUT2D eigenvalue weighted by molar-refractivity contribution is -0.114. The maximum atomic E-state index is 13.0. The van der Waals surface area contributed by atoms with Crippen LogP contribution in [0.15, 0.2) is 78.9 Å². The van der Waals surface area contributed by atoms with Crippen LogP contribution >= 0.6 is 7.52 Å². The molecule has 0 radical (unpaired) electrons. The maximum Gasteiger partial charge on any atom is 0.276 e. The molecule has 180 valence electrons. The van der Waals surface area contributed by atoms with Gasteiger partial charge < -0.3 is 10.2 Å². The first-order chi connectivity index (χ1) is 16.2. The van der Waals surface area contributed by atoms with Crippen LogP contribution in [0.1, 0.15) is 67.7 Å². The van der Waals surface area contributed by atoms with E-state index in [1.807, 2.05) is 78.9 Å². The molecule has 0 aliphatic rings. The number of benzene rings is 3. The van der Waals surface area contributed by atoms with E-state index in [-0.39, 0.29) is 24.3 Å². The van der Waals surface area contributed by atoms with Crippen molar-refractivity contribution in [3.63, 3.8) is 0 Å². The lowest BCUT2D eigenvalue weighted by Gasteiger charge is -2.22. The average molecular weight is 479 g/mol. The van der Waals surface area contributed by atoms with Crippen LogP contribution in [0.4, 0.5) is 5.69 Å². The second kappa shape index (κ2) is 11.6. The van der Waals surface area contributed by atoms with Gasteiger partial charge in [-0.05, 0) is 34.1 Å². The van der Waals surface area contributed by atoms with Gasteiger partial charge in [0, 0.05) is 18.2 Å². The van der Waals surface area contributed by atoms with Gasteiger partial charge in [-0.25, -0.2) is 5.09 Å². The van der Waals surface area contributed by atoms with Crippen molar-refractivity contribution in [3.8, 4) is 0 Å². The Kier molecular flexibility index (Phi) is 8.84. The topological polar surface area (TPSA) is 78.4 Å². The lowest BCUT2D eigenvalue weighted by Crippen LogP contribution is -2.26. The van der Waals surface area contributed by atoms with Gasteiger partial charge in [0.2, 0.25) is 5.91 Å². The van der Waals surface area contributed by atoms with Crippen molar-refractivity contribution < 1.29 is 14.3 Å². The van der Waals surface area contributed by atoms with Crippen LogP contribution in [0.2, 0.25) is 0 Å². The summed E-state index contributed by atoms with van der Waals surface area (Å²) in [6, 6.07) is 25.7. The number of nitrogens with one attached hydrogen (secondary N) is 2. The van der Waals surface area contributed by atoms with Crippen molar-refractivity contribution in [1.82, 2.24) is 5.09 Å². The Labute approximate surface area is 203 Å². The summed E-state index contributed by atoms with van der Waals surface area (Å²) >= 11 is 0. The summed E-state index contributed by atoms with van der Waals surface area (Å²) in [5.41, 5.74) is 4.88. The Balaban J connectivity index is 1.74. The molecule has 3 rings (SSSR count). The summed E-state index contributed by atoms with van der Waals surface area (Å²) in [5, 5.41) is 5.74. The fourth-order valence-electron chi connectivity index (χ4n) is 4.16. The van der Waals surface area contributed by atoms with E-state index < -0.39 is 19.6 Å². The summed E-state index contributed by atoms with van der Waals surface area (Å²) in [5.74, 6) is -0.152. The minimum atomic E-state index is -3.92. The number of para-hydroxylation sites is 1. The van der Waals surface area contributed by atoms with Crippen molar-refractivity contribution in [2.75, 3.05) is 18.0 Å². The van der Waals surface area contributed by atoms with Crippen LogP contribution in [0.3, 0.4) is 0 Å². The van der Waals surface area contributed by atoms with E-state index in [0.717, 1.165) is 27.9 Å². The van der Waals surface area contributed by atoms with Crippen molar-refractivity contribution >= 4 is 19.1 Å². The van der Waals surface area contributed by atoms with Crippen LogP contribution in [0, 0.1) is 0 Å². The third-order valence-electron chi connectivity index (χ3n) is 5.94. The van der Waals surface area contributed by atoms with Crippen LogP contribution in [-0.2, 0) is 9.36 Å². The number of hydrogen-bond donors (Lipinski definition) is 3. The highest BCUT2D eigenvalue weighted by Crippen LogP contribution is 2.38. The van der Waals surface area contributed by atoms with E-state index in [1.165, 1.54) is 0 Å². The standard InChI is InChI=1S/C28H35N2O3P/c1-20(2)24-16-11-17-25(21(3)4)28(24)30-27(31)19-34(32,33)29-18-26(22-12-7-5-8-13-22)23-14-9-6-10-15-23/h5-17,20-21,26H,18-19H2,1-4H3,(H,30,31)(H2,29,32,33). The smallest absolute Gasteiger partial charge is 0.276 e. The first kappa shape index (κ1) is 25.9. The summed E-state index contributed by atoms with van der Waals surface area (Å²) in [4.78, 5) is 23.5. The molecule has 3 N–H and O–H groups in total. The zero-order valence-corrected chi connectivity index (χ0v) is 21.3. The van der Waals surface area contributed by atoms with Gasteiger partial charge in [0.05, 0.1) is 0 Å². The number of anilines is 1. The molecule has 0 saturated carbocycles. The van der Waals surface area contributed by atoms with Crippen LogP contribution in [0.25, 0.3) is 0 Å². The highest BCUT2D eigenvalue weighted by Gasteiger charge is 2.26. The largest absolute Gasteiger partial charge is 0.333 e. The van der Waals surface area contributed by atoms with Gasteiger partial charge in [0.15, 0.2) is 0 Å². The predicted molar refractivity (Wildman–Crippen MR) is 141 cm³/mol. The molecule has 0 aliphatic heterocycles. The van der Waals surface area contributed by atoms with Gasteiger partial charge in [-0.3, -0.25) is 9.36 Å². The normalized spacial score (nSPS) is 13.3. The quantitative estimate of drug-likeness (QED) is 0.292. The number of amides is 1. The molecular formula is C28H35N2O3P. The van der Waals surface area contributed by atoms with Crippen molar-refractivity contribution in [1.29, 1.82) is 0 Å². The molecule has 0 bridgehead atoms. The zero-order chi connectivity index (χ0) is 24.7. The SMILES string of the molecule is CC(C)c1cccc(C(C)C)c1NC(=O)CP(=O)(O)NCC(c1ccccc1)c1ccccc1. The Hall–Kier alpha value is -2.72. The predicted octanol–water partition coefficient (Wildman–Crippen LogP) is 6.48. The van der Waals surface area contributed by atoms with Gasteiger partial charge in [-0.15, -0.1) is 0 Å². The third-order valence-corrected chi connectivity index (χ3v) is 7.33. The van der Waals surface area contributed by atoms with Crippen LogP contribution in [-0.4, -0.2) is 23.5 Å². The summed E-state index contributed by atoms with van der Waals surface area (Å²) in [7, 11) is -3.92. The first-order valence-corrected chi connectivity index (χ1v) is 13.6. The Morgan fingerprint density at radius 3 is 1.71 bits per heavy atom. The number of hydrogen-bond acceptors (Lipinski definition) is 2. The molecule has 0 aliphatic carbocycles. The van der Waals surface area contributed by atoms with Crippen molar-refractivity contribution in [2.24, 2.45) is 0 Å². The summed E-state index contributed by atoms with van der Waals surface area (Å²) in [6.45, 7) is 8.53. The lowest BCUT2D eigenvalue weighted by atomic mass is 9.92. The van der Waals surface area contributed by atoms with Gasteiger partial charge in [-0.2, -0.15) is 0 Å². The molecule has 6 heteroatoms. The number of carbonyl (C=O) groups is 1. The van der Waals surface area contributed by atoms with Gasteiger partial charge in [-0.1, -0.05) is 107 Å². The molecule has 0 saturated heterocycles. The van der Waals surface area contributed by atoms with Crippen molar-refractivity contribution in [2.45, 2.75) is 45.4 Å². The first-order valence-electron chi connectivity index (χ1n) is 11.8. The van der Waals surface area contributed by atoms with Gasteiger partial charge in [0.1, 0.15) is 6.16 Å². The second-order valence-corrected chi connectivity index (χ2v) is 11.3. The van der Waals surface area contributed by atoms with Crippen LogP contribution in [0.5, 0.6) is 0 Å². The van der Waals surface area contributed by atoms with E-state index in [9.17, 15) is 14.3 Å². The fraction of sp³-hybridized carbons (Fsp3) is 0.321. The fourth-order valence-corrected chi connectivity index (χ4v) is 5.21. The maximum absolute atomic E-state index is 13.0. The van der Waals surface area contributed by atoms with E-state index in [1.54, 1.807) is 0 Å². The molecule has 5 nitrogen and oxygen atoms in total. The monoisotopic (exact) mass is 478 g/mol. The Morgan fingerprint density at radius 2 is 1.26 bits per heavy atom. The third kappa shape index (κ3) is 6.89. The molecule has 0 spiro atoms. The van der Waals surface area contributed by atoms with Crippen molar-refractivity contribution in [3.05, 3.63) is 101 Å². The van der Waals surface area contributed by atoms with E-state index in [4.69, 9.17) is 0 Å². The molecule has 0 heterocycles. The molecule has 1 atom stereocenters. The molecular weight excluding hydrogens is 443 g/mol. The van der Waals surface area contributed by atoms with E-state index in [2.05, 4.69) is 38.1 Å². The average Bonchev–Trinajstić information content (AvgIpc) is 2.80. The molecule has 1 unspecified atom stereocenters. The molecule has 0 fully saturated rings. The zero-order valence-electron chi connectivity index (χ0n) is 20.4. The van der Waals surface area contributed by atoms with E-state index >= 15 is 0 Å². The Bertz CT molecular complexity index is 1070. The molecule has 1 amide bonds. The summed E-state index contributed by atoms with van der Waals surface area (Å²) in [6.07, 6.45) is -0.493. The highest BCUT2D eigenvalue weighted by atomic mass is 31.2. The highest BCUT2D eigenvalue weighted by molar-refractivity contribution is 7.56.